The molecule has 0 bridgehead atoms. The normalized spacial score (nSPS) is 14.3. The first-order valence-electron chi connectivity index (χ1n) is 9.18. The van der Waals surface area contributed by atoms with E-state index in [0.717, 1.165) is 42.7 Å². The Labute approximate surface area is 180 Å². The number of carbonyl (C=O) groups excluding carboxylic acids is 2. The summed E-state index contributed by atoms with van der Waals surface area (Å²) in [6.07, 6.45) is -4.29. The SMILES string of the molecule is CCNS(=O)(=O)c1sc2c(c1C(=O)OC)CCN(C(=O)c1ccc(C(F)(F)F)cc1)C2. The zero-order chi connectivity index (χ0) is 23.0. The molecule has 1 aliphatic heterocycles. The molecule has 0 atom stereocenters. The van der Waals surface area contributed by atoms with Crippen LogP contribution >= 0.6 is 11.3 Å². The molecule has 0 radical (unpaired) electrons. The van der Waals surface area contributed by atoms with E-state index >= 15 is 0 Å². The summed E-state index contributed by atoms with van der Waals surface area (Å²) in [6, 6.07) is 3.89. The van der Waals surface area contributed by atoms with E-state index < -0.39 is 33.6 Å². The number of benzene rings is 1. The fraction of sp³-hybridized carbons (Fsp3) is 0.368. The van der Waals surface area contributed by atoms with Gasteiger partial charge in [-0.2, -0.15) is 13.2 Å². The Morgan fingerprint density at radius 1 is 1.23 bits per heavy atom. The van der Waals surface area contributed by atoms with Crippen molar-refractivity contribution in [2.24, 2.45) is 0 Å². The average Bonchev–Trinajstić information content (AvgIpc) is 3.12. The van der Waals surface area contributed by atoms with Gasteiger partial charge in [-0.25, -0.2) is 17.9 Å². The van der Waals surface area contributed by atoms with E-state index in [1.807, 2.05) is 0 Å². The number of methoxy groups -OCH3 is 1. The predicted molar refractivity (Wildman–Crippen MR) is 106 cm³/mol. The van der Waals surface area contributed by atoms with Gasteiger partial charge in [0.2, 0.25) is 0 Å². The van der Waals surface area contributed by atoms with E-state index in [1.165, 1.54) is 4.90 Å². The van der Waals surface area contributed by atoms with Gasteiger partial charge in [0, 0.05) is 23.5 Å². The zero-order valence-corrected chi connectivity index (χ0v) is 18.2. The van der Waals surface area contributed by atoms with Gasteiger partial charge in [-0.1, -0.05) is 6.92 Å². The van der Waals surface area contributed by atoms with E-state index in [2.05, 4.69) is 4.72 Å². The molecule has 0 spiro atoms. The maximum absolute atomic E-state index is 12.8. The molecule has 1 aliphatic rings. The number of amides is 1. The van der Waals surface area contributed by atoms with Crippen molar-refractivity contribution in [3.8, 4) is 0 Å². The van der Waals surface area contributed by atoms with Gasteiger partial charge < -0.3 is 9.64 Å². The minimum Gasteiger partial charge on any atom is -0.465 e. The molecule has 1 aromatic heterocycles. The van der Waals surface area contributed by atoms with Gasteiger partial charge >= 0.3 is 12.1 Å². The third-order valence-corrected chi connectivity index (χ3v) is 8.02. The Hall–Kier alpha value is -2.44. The van der Waals surface area contributed by atoms with Crippen molar-refractivity contribution < 1.29 is 35.9 Å². The number of esters is 1. The lowest BCUT2D eigenvalue weighted by Gasteiger charge is -2.27. The topological polar surface area (TPSA) is 92.8 Å². The molecule has 0 saturated heterocycles. The molecule has 3 rings (SSSR count). The second-order valence-electron chi connectivity index (χ2n) is 6.71. The monoisotopic (exact) mass is 476 g/mol. The second-order valence-corrected chi connectivity index (χ2v) is 9.78. The lowest BCUT2D eigenvalue weighted by molar-refractivity contribution is -0.137. The van der Waals surface area contributed by atoms with Crippen LogP contribution in [-0.4, -0.2) is 45.4 Å². The quantitative estimate of drug-likeness (QED) is 0.670. The van der Waals surface area contributed by atoms with Crippen molar-refractivity contribution in [1.29, 1.82) is 0 Å². The Kier molecular flexibility index (Phi) is 6.44. The molecule has 0 aliphatic carbocycles. The summed E-state index contributed by atoms with van der Waals surface area (Å²) in [5.41, 5.74) is -0.305. The van der Waals surface area contributed by atoms with E-state index in [4.69, 9.17) is 4.74 Å². The van der Waals surface area contributed by atoms with Crippen LogP contribution in [0.4, 0.5) is 13.2 Å². The Bertz CT molecular complexity index is 1110. The highest BCUT2D eigenvalue weighted by atomic mass is 32.2. The maximum Gasteiger partial charge on any atom is 0.416 e. The van der Waals surface area contributed by atoms with E-state index in [9.17, 15) is 31.2 Å². The molecule has 2 aromatic rings. The van der Waals surface area contributed by atoms with Crippen LogP contribution in [0, 0.1) is 0 Å². The van der Waals surface area contributed by atoms with Crippen LogP contribution in [0.2, 0.25) is 0 Å². The number of halogens is 3. The zero-order valence-electron chi connectivity index (χ0n) is 16.6. The number of nitrogens with one attached hydrogen (secondary N) is 1. The summed E-state index contributed by atoms with van der Waals surface area (Å²) in [7, 11) is -2.79. The molecule has 1 N–H and O–H groups in total. The third-order valence-electron chi connectivity index (χ3n) is 4.74. The summed E-state index contributed by atoms with van der Waals surface area (Å²) >= 11 is 0.881. The average molecular weight is 476 g/mol. The summed E-state index contributed by atoms with van der Waals surface area (Å²) in [5.74, 6) is -1.26. The van der Waals surface area contributed by atoms with Gasteiger partial charge in [-0.3, -0.25) is 4.79 Å². The van der Waals surface area contributed by atoms with Crippen molar-refractivity contribution >= 4 is 33.2 Å². The van der Waals surface area contributed by atoms with Crippen LogP contribution in [-0.2, 0) is 33.9 Å². The molecule has 1 amide bonds. The van der Waals surface area contributed by atoms with Gasteiger partial charge in [0.1, 0.15) is 4.21 Å². The van der Waals surface area contributed by atoms with Gasteiger partial charge in [0.25, 0.3) is 15.9 Å². The number of hydrogen-bond acceptors (Lipinski definition) is 6. The van der Waals surface area contributed by atoms with Crippen molar-refractivity contribution in [3.05, 3.63) is 51.4 Å². The third kappa shape index (κ3) is 4.60. The molecule has 7 nitrogen and oxygen atoms in total. The lowest BCUT2D eigenvalue weighted by Crippen LogP contribution is -2.35. The number of ether oxygens (including phenoxy) is 1. The van der Waals surface area contributed by atoms with E-state index in [0.29, 0.717) is 10.4 Å². The summed E-state index contributed by atoms with van der Waals surface area (Å²) in [6.45, 7) is 1.94. The van der Waals surface area contributed by atoms with Gasteiger partial charge in [-0.15, -0.1) is 11.3 Å². The van der Waals surface area contributed by atoms with Crippen molar-refractivity contribution in [2.45, 2.75) is 30.3 Å². The second kappa shape index (κ2) is 8.60. The molecule has 1 aromatic carbocycles. The smallest absolute Gasteiger partial charge is 0.416 e. The fourth-order valence-corrected chi connectivity index (χ4v) is 6.27. The molecule has 31 heavy (non-hydrogen) atoms. The summed E-state index contributed by atoms with van der Waals surface area (Å²) in [5, 5.41) is 0. The molecule has 0 unspecified atom stereocenters. The van der Waals surface area contributed by atoms with Gasteiger partial charge in [0.05, 0.1) is 24.8 Å². The minimum absolute atomic E-state index is 0.0332. The molecule has 168 valence electrons. The first-order valence-corrected chi connectivity index (χ1v) is 11.5. The van der Waals surface area contributed by atoms with Crippen LogP contribution < -0.4 is 4.72 Å². The molecule has 0 fully saturated rings. The minimum atomic E-state index is -4.50. The highest BCUT2D eigenvalue weighted by Gasteiger charge is 2.35. The Morgan fingerprint density at radius 3 is 2.42 bits per heavy atom. The molecular weight excluding hydrogens is 457 g/mol. The number of alkyl halides is 3. The maximum atomic E-state index is 12.8. The van der Waals surface area contributed by atoms with Gasteiger partial charge in [-0.05, 0) is 36.2 Å². The number of carbonyl (C=O) groups is 2. The number of thiophene rings is 1. The highest BCUT2D eigenvalue weighted by molar-refractivity contribution is 7.91. The standard InChI is InChI=1S/C19H19F3N2O5S2/c1-3-23-31(27,28)18-15(17(26)29-2)13-8-9-24(10-14(13)30-18)16(25)11-4-6-12(7-5-11)19(20,21)22/h4-7,23H,3,8-10H2,1-2H3. The number of nitrogens with zero attached hydrogens (tertiary/aromatic N) is 1. The Morgan fingerprint density at radius 2 is 1.87 bits per heavy atom. The van der Waals surface area contributed by atoms with Crippen LogP contribution in [0.15, 0.2) is 28.5 Å². The van der Waals surface area contributed by atoms with E-state index in [1.54, 1.807) is 6.92 Å². The first kappa shape index (κ1) is 23.2. The van der Waals surface area contributed by atoms with E-state index in [-0.39, 0.29) is 41.4 Å². The first-order chi connectivity index (χ1) is 14.5. The van der Waals surface area contributed by atoms with Crippen molar-refractivity contribution in [2.75, 3.05) is 20.2 Å². The summed E-state index contributed by atoms with van der Waals surface area (Å²) in [4.78, 5) is 27.0. The van der Waals surface area contributed by atoms with Crippen LogP contribution in [0.25, 0.3) is 0 Å². The number of fused-ring (bicyclic) bond motifs is 1. The highest BCUT2D eigenvalue weighted by Crippen LogP contribution is 2.37. The largest absolute Gasteiger partial charge is 0.465 e. The number of sulfonamides is 1. The molecule has 0 saturated carbocycles. The number of hydrogen-bond donors (Lipinski definition) is 1. The Balaban J connectivity index is 1.92. The van der Waals surface area contributed by atoms with Gasteiger partial charge in [0.15, 0.2) is 0 Å². The van der Waals surface area contributed by atoms with Crippen LogP contribution in [0.3, 0.4) is 0 Å². The van der Waals surface area contributed by atoms with Crippen LogP contribution in [0.5, 0.6) is 0 Å². The van der Waals surface area contributed by atoms with Crippen molar-refractivity contribution in [1.82, 2.24) is 9.62 Å². The van der Waals surface area contributed by atoms with Crippen LogP contribution in [0.1, 0.15) is 43.6 Å². The predicted octanol–water partition coefficient (Wildman–Crippen LogP) is 3.05. The lowest BCUT2D eigenvalue weighted by atomic mass is 10.0. The molecule has 12 heteroatoms. The fourth-order valence-electron chi connectivity index (χ4n) is 3.29. The molecule has 2 heterocycles. The molecular formula is C19H19F3N2O5S2. The summed E-state index contributed by atoms with van der Waals surface area (Å²) < 4.78 is 70.3. The van der Waals surface area contributed by atoms with Crippen molar-refractivity contribution in [3.63, 3.8) is 0 Å². The number of rotatable bonds is 5.